The van der Waals surface area contributed by atoms with Gasteiger partial charge in [-0.05, 0) is 19.1 Å². The predicted octanol–water partition coefficient (Wildman–Crippen LogP) is 3.08. The number of rotatable bonds is 4. The molecule has 21 heavy (non-hydrogen) atoms. The molecule has 1 aromatic heterocycles. The standard InChI is InChI=1S/C12H7N3O4S2/c1-6-10(11(16)17)21-12(14-6)20-8-3-2-7(5-13)9(4-8)15(18)19/h2-4H,1H3,(H,16,17). The second kappa shape index (κ2) is 5.90. The summed E-state index contributed by atoms with van der Waals surface area (Å²) in [6.07, 6.45) is 0. The molecule has 0 saturated carbocycles. The Hall–Kier alpha value is -2.44. The van der Waals surface area contributed by atoms with Gasteiger partial charge in [0.25, 0.3) is 5.69 Å². The first-order valence-electron chi connectivity index (χ1n) is 5.49. The molecule has 9 heteroatoms. The number of aromatic carboxylic acids is 1. The summed E-state index contributed by atoms with van der Waals surface area (Å²) < 4.78 is 0.476. The zero-order valence-electron chi connectivity index (χ0n) is 10.6. The lowest BCUT2D eigenvalue weighted by Gasteiger charge is -1.99. The van der Waals surface area contributed by atoms with Crippen molar-refractivity contribution in [3.63, 3.8) is 0 Å². The first kappa shape index (κ1) is 15.0. The SMILES string of the molecule is Cc1nc(Sc2ccc(C#N)c([N+](=O)[O-])c2)sc1C(=O)O. The third kappa shape index (κ3) is 3.18. The van der Waals surface area contributed by atoms with Gasteiger partial charge in [-0.25, -0.2) is 9.78 Å². The quantitative estimate of drug-likeness (QED) is 0.679. The first-order chi connectivity index (χ1) is 9.92. The summed E-state index contributed by atoms with van der Waals surface area (Å²) in [5.41, 5.74) is 0.0956. The lowest BCUT2D eigenvalue weighted by molar-refractivity contribution is -0.385. The van der Waals surface area contributed by atoms with Crippen molar-refractivity contribution in [2.75, 3.05) is 0 Å². The highest BCUT2D eigenvalue weighted by Crippen LogP contribution is 2.35. The average Bonchev–Trinajstić information content (AvgIpc) is 2.79. The maximum absolute atomic E-state index is 11.0. The largest absolute Gasteiger partial charge is 0.477 e. The smallest absolute Gasteiger partial charge is 0.347 e. The minimum absolute atomic E-state index is 0.0223. The lowest BCUT2D eigenvalue weighted by Crippen LogP contribution is -1.94. The molecule has 0 radical (unpaired) electrons. The van der Waals surface area contributed by atoms with E-state index in [0.717, 1.165) is 23.1 Å². The lowest BCUT2D eigenvalue weighted by atomic mass is 10.2. The highest BCUT2D eigenvalue weighted by molar-refractivity contribution is 8.01. The van der Waals surface area contributed by atoms with Crippen molar-refractivity contribution in [1.82, 2.24) is 4.98 Å². The van der Waals surface area contributed by atoms with E-state index in [2.05, 4.69) is 4.98 Å². The highest BCUT2D eigenvalue weighted by atomic mass is 32.2. The van der Waals surface area contributed by atoms with Crippen LogP contribution in [0.1, 0.15) is 20.9 Å². The van der Waals surface area contributed by atoms with E-state index in [4.69, 9.17) is 10.4 Å². The van der Waals surface area contributed by atoms with Gasteiger partial charge in [0.2, 0.25) is 0 Å². The van der Waals surface area contributed by atoms with Crippen molar-refractivity contribution in [3.05, 3.63) is 44.4 Å². The van der Waals surface area contributed by atoms with Gasteiger partial charge in [0.1, 0.15) is 16.5 Å². The average molecular weight is 321 g/mol. The van der Waals surface area contributed by atoms with Crippen molar-refractivity contribution in [3.8, 4) is 6.07 Å². The number of thiazole rings is 1. The van der Waals surface area contributed by atoms with Crippen molar-refractivity contribution in [1.29, 1.82) is 5.26 Å². The van der Waals surface area contributed by atoms with Crippen LogP contribution in [0.25, 0.3) is 0 Å². The van der Waals surface area contributed by atoms with Gasteiger partial charge in [-0.15, -0.1) is 11.3 Å². The molecule has 0 atom stereocenters. The topological polar surface area (TPSA) is 117 Å². The zero-order chi connectivity index (χ0) is 15.6. The second-order valence-corrected chi connectivity index (χ2v) is 6.17. The molecule has 0 unspecified atom stereocenters. The summed E-state index contributed by atoms with van der Waals surface area (Å²) in [6.45, 7) is 1.59. The molecule has 0 saturated heterocycles. The highest BCUT2D eigenvalue weighted by Gasteiger charge is 2.18. The van der Waals surface area contributed by atoms with Crippen LogP contribution in [0.5, 0.6) is 0 Å². The van der Waals surface area contributed by atoms with Crippen LogP contribution >= 0.6 is 23.1 Å². The predicted molar refractivity (Wildman–Crippen MR) is 75.7 cm³/mol. The number of nitro benzene ring substituents is 1. The molecule has 1 N–H and O–H groups in total. The molecular weight excluding hydrogens is 314 g/mol. The molecule has 0 aliphatic carbocycles. The number of nitrogens with zero attached hydrogens (tertiary/aromatic N) is 3. The van der Waals surface area contributed by atoms with Gasteiger partial charge in [0, 0.05) is 11.0 Å². The van der Waals surface area contributed by atoms with E-state index in [1.54, 1.807) is 19.1 Å². The number of carbonyl (C=O) groups is 1. The molecule has 2 rings (SSSR count). The number of aryl methyl sites for hydroxylation is 1. The number of carboxylic acid groups (broad SMARTS) is 1. The van der Waals surface area contributed by atoms with Gasteiger partial charge in [-0.3, -0.25) is 10.1 Å². The second-order valence-electron chi connectivity index (χ2n) is 3.85. The molecule has 106 valence electrons. The van der Waals surface area contributed by atoms with Crippen LogP contribution in [0, 0.1) is 28.4 Å². The maximum Gasteiger partial charge on any atom is 0.347 e. The van der Waals surface area contributed by atoms with Crippen LogP contribution in [0.3, 0.4) is 0 Å². The Balaban J connectivity index is 2.34. The van der Waals surface area contributed by atoms with Crippen LogP contribution in [0.4, 0.5) is 5.69 Å². The molecule has 0 aliphatic heterocycles. The van der Waals surface area contributed by atoms with Crippen LogP contribution in [-0.4, -0.2) is 21.0 Å². The van der Waals surface area contributed by atoms with E-state index in [0.29, 0.717) is 14.9 Å². The van der Waals surface area contributed by atoms with E-state index < -0.39 is 10.9 Å². The Morgan fingerprint density at radius 2 is 2.29 bits per heavy atom. The van der Waals surface area contributed by atoms with E-state index in [1.807, 2.05) is 0 Å². The molecule has 1 heterocycles. The van der Waals surface area contributed by atoms with Gasteiger partial charge in [0.15, 0.2) is 4.34 Å². The summed E-state index contributed by atoms with van der Waals surface area (Å²) in [5.74, 6) is -1.05. The molecule has 2 aromatic rings. The monoisotopic (exact) mass is 321 g/mol. The van der Waals surface area contributed by atoms with Crippen LogP contribution in [-0.2, 0) is 0 Å². The van der Waals surface area contributed by atoms with E-state index in [9.17, 15) is 14.9 Å². The van der Waals surface area contributed by atoms with Crippen molar-refractivity contribution < 1.29 is 14.8 Å². The third-order valence-electron chi connectivity index (χ3n) is 2.46. The summed E-state index contributed by atoms with van der Waals surface area (Å²) in [5, 5.41) is 28.7. The number of nitriles is 1. The van der Waals surface area contributed by atoms with Gasteiger partial charge < -0.3 is 5.11 Å². The van der Waals surface area contributed by atoms with E-state index >= 15 is 0 Å². The number of benzene rings is 1. The molecular formula is C12H7N3O4S2. The summed E-state index contributed by atoms with van der Waals surface area (Å²) >= 11 is 2.13. The van der Waals surface area contributed by atoms with Crippen molar-refractivity contribution in [2.45, 2.75) is 16.2 Å². The maximum atomic E-state index is 11.0. The Morgan fingerprint density at radius 3 is 2.81 bits per heavy atom. The van der Waals surface area contributed by atoms with E-state index in [1.165, 1.54) is 12.1 Å². The zero-order valence-corrected chi connectivity index (χ0v) is 12.2. The number of aromatic nitrogens is 1. The molecule has 7 nitrogen and oxygen atoms in total. The van der Waals surface area contributed by atoms with E-state index in [-0.39, 0.29) is 16.1 Å². The number of hydrogen-bond donors (Lipinski definition) is 1. The van der Waals surface area contributed by atoms with Gasteiger partial charge >= 0.3 is 5.97 Å². The molecule has 1 aromatic carbocycles. The first-order valence-corrected chi connectivity index (χ1v) is 7.12. The Kier molecular flexibility index (Phi) is 4.21. The minimum Gasteiger partial charge on any atom is -0.477 e. The summed E-state index contributed by atoms with van der Waals surface area (Å²) in [7, 11) is 0. The molecule has 0 aliphatic rings. The van der Waals surface area contributed by atoms with Crippen LogP contribution in [0.15, 0.2) is 27.4 Å². The van der Waals surface area contributed by atoms with Gasteiger partial charge in [-0.1, -0.05) is 11.8 Å². The van der Waals surface area contributed by atoms with Crippen LogP contribution < -0.4 is 0 Å². The normalized spacial score (nSPS) is 10.1. The Bertz CT molecular complexity index is 779. The van der Waals surface area contributed by atoms with Gasteiger partial charge in [-0.2, -0.15) is 5.26 Å². The van der Waals surface area contributed by atoms with Crippen LogP contribution in [0.2, 0.25) is 0 Å². The Morgan fingerprint density at radius 1 is 1.57 bits per heavy atom. The molecule has 0 bridgehead atoms. The summed E-state index contributed by atoms with van der Waals surface area (Å²) in [4.78, 5) is 26.0. The van der Waals surface area contributed by atoms with Crippen molar-refractivity contribution >= 4 is 34.8 Å². The minimum atomic E-state index is -1.05. The molecule has 0 spiro atoms. The fourth-order valence-corrected chi connectivity index (χ4v) is 3.57. The fraction of sp³-hybridized carbons (Fsp3) is 0.0833. The number of hydrogen-bond acceptors (Lipinski definition) is 7. The molecule has 0 amide bonds. The van der Waals surface area contributed by atoms with Gasteiger partial charge in [0.05, 0.1) is 10.6 Å². The third-order valence-corrected chi connectivity index (χ3v) is 4.66. The summed E-state index contributed by atoms with van der Waals surface area (Å²) in [6, 6.07) is 5.96. The number of nitro groups is 1. The molecule has 0 fully saturated rings. The fourth-order valence-electron chi connectivity index (χ4n) is 1.54. The number of carboxylic acids is 1. The van der Waals surface area contributed by atoms with Crippen molar-refractivity contribution in [2.24, 2.45) is 0 Å². The Labute approximate surface area is 127 Å².